The summed E-state index contributed by atoms with van der Waals surface area (Å²) in [6.07, 6.45) is 0.923. The quantitative estimate of drug-likeness (QED) is 0.830. The number of fused-ring (bicyclic) bond motifs is 1. The van der Waals surface area contributed by atoms with Gasteiger partial charge in [-0.25, -0.2) is 0 Å². The first kappa shape index (κ1) is 18.8. The molecule has 148 valence electrons. The van der Waals surface area contributed by atoms with Gasteiger partial charge in [-0.2, -0.15) is 0 Å². The lowest BCUT2D eigenvalue weighted by Gasteiger charge is -2.38. The Kier molecular flexibility index (Phi) is 5.78. The van der Waals surface area contributed by atoms with E-state index in [0.29, 0.717) is 23.6 Å². The molecule has 0 aromatic heterocycles. The summed E-state index contributed by atoms with van der Waals surface area (Å²) in [7, 11) is 2.16. The van der Waals surface area contributed by atoms with Gasteiger partial charge in [0.1, 0.15) is 0 Å². The van der Waals surface area contributed by atoms with Gasteiger partial charge in [-0.3, -0.25) is 9.69 Å². The van der Waals surface area contributed by atoms with Crippen LogP contribution in [0.3, 0.4) is 0 Å². The summed E-state index contributed by atoms with van der Waals surface area (Å²) in [5.41, 5.74) is 1.89. The highest BCUT2D eigenvalue weighted by Crippen LogP contribution is 2.32. The number of carbonyl (C=O) groups is 1. The van der Waals surface area contributed by atoms with E-state index in [2.05, 4.69) is 46.4 Å². The van der Waals surface area contributed by atoms with Gasteiger partial charge >= 0.3 is 0 Å². The summed E-state index contributed by atoms with van der Waals surface area (Å²) in [5, 5.41) is 3.13. The number of benzene rings is 2. The lowest BCUT2D eigenvalue weighted by atomic mass is 10.0. The Morgan fingerprint density at radius 2 is 1.79 bits per heavy atom. The van der Waals surface area contributed by atoms with Crippen molar-refractivity contribution in [3.63, 3.8) is 0 Å². The molecule has 2 aromatic rings. The molecule has 2 aromatic carbocycles. The Morgan fingerprint density at radius 3 is 2.57 bits per heavy atom. The van der Waals surface area contributed by atoms with Crippen molar-refractivity contribution >= 4 is 5.91 Å². The molecule has 0 spiro atoms. The van der Waals surface area contributed by atoms with Gasteiger partial charge in [0.25, 0.3) is 5.91 Å². The molecule has 2 heterocycles. The number of ether oxygens (including phenoxy) is 2. The molecule has 2 aliphatic rings. The first-order chi connectivity index (χ1) is 13.7. The molecule has 1 unspecified atom stereocenters. The molecule has 1 atom stereocenters. The predicted octanol–water partition coefficient (Wildman–Crippen LogP) is 2.00. The minimum atomic E-state index is -0.0783. The summed E-state index contributed by atoms with van der Waals surface area (Å²) >= 11 is 0. The largest absolute Gasteiger partial charge is 0.454 e. The van der Waals surface area contributed by atoms with E-state index in [1.807, 2.05) is 6.07 Å². The number of piperazine rings is 1. The molecule has 1 saturated heterocycles. The Bertz CT molecular complexity index is 804. The van der Waals surface area contributed by atoms with Gasteiger partial charge in [0.2, 0.25) is 6.79 Å². The fourth-order valence-electron chi connectivity index (χ4n) is 3.75. The fourth-order valence-corrected chi connectivity index (χ4v) is 3.75. The van der Waals surface area contributed by atoms with Gasteiger partial charge in [-0.1, -0.05) is 30.3 Å². The normalized spacial score (nSPS) is 18.0. The van der Waals surface area contributed by atoms with Crippen LogP contribution in [-0.2, 0) is 6.42 Å². The monoisotopic (exact) mass is 381 g/mol. The zero-order valence-corrected chi connectivity index (χ0v) is 16.3. The molecule has 28 heavy (non-hydrogen) atoms. The first-order valence-electron chi connectivity index (χ1n) is 9.83. The van der Waals surface area contributed by atoms with E-state index in [0.717, 1.165) is 32.6 Å². The lowest BCUT2D eigenvalue weighted by molar-refractivity contribution is 0.0885. The summed E-state index contributed by atoms with van der Waals surface area (Å²) in [6.45, 7) is 4.99. The second-order valence-corrected chi connectivity index (χ2v) is 7.46. The van der Waals surface area contributed by atoms with Crippen LogP contribution in [0.5, 0.6) is 11.5 Å². The second kappa shape index (κ2) is 8.63. The van der Waals surface area contributed by atoms with Gasteiger partial charge in [-0.05, 0) is 37.2 Å². The molecule has 6 nitrogen and oxygen atoms in total. The van der Waals surface area contributed by atoms with Crippen LogP contribution >= 0.6 is 0 Å². The van der Waals surface area contributed by atoms with Crippen molar-refractivity contribution in [3.8, 4) is 11.5 Å². The highest BCUT2D eigenvalue weighted by atomic mass is 16.7. The molecule has 6 heteroatoms. The van der Waals surface area contributed by atoms with E-state index < -0.39 is 0 Å². The van der Waals surface area contributed by atoms with Crippen LogP contribution in [0.1, 0.15) is 15.9 Å². The van der Waals surface area contributed by atoms with Crippen molar-refractivity contribution in [1.29, 1.82) is 0 Å². The maximum absolute atomic E-state index is 12.7. The van der Waals surface area contributed by atoms with Crippen molar-refractivity contribution < 1.29 is 14.3 Å². The molecule has 4 rings (SSSR count). The van der Waals surface area contributed by atoms with Gasteiger partial charge in [0.15, 0.2) is 11.5 Å². The summed E-state index contributed by atoms with van der Waals surface area (Å²) in [6, 6.07) is 16.1. The Balaban J connectivity index is 1.42. The molecular weight excluding hydrogens is 354 g/mol. The van der Waals surface area contributed by atoms with Crippen molar-refractivity contribution in [2.45, 2.75) is 12.5 Å². The molecule has 0 bridgehead atoms. The van der Waals surface area contributed by atoms with Crippen LogP contribution < -0.4 is 14.8 Å². The summed E-state index contributed by atoms with van der Waals surface area (Å²) < 4.78 is 10.7. The van der Waals surface area contributed by atoms with Crippen LogP contribution in [0.25, 0.3) is 0 Å². The number of nitrogens with zero attached hydrogens (tertiary/aromatic N) is 2. The Hall–Kier alpha value is -2.57. The average Bonchev–Trinajstić information content (AvgIpc) is 3.20. The number of nitrogens with one attached hydrogen (secondary N) is 1. The zero-order chi connectivity index (χ0) is 19.3. The summed E-state index contributed by atoms with van der Waals surface area (Å²) in [5.74, 6) is 1.24. The van der Waals surface area contributed by atoms with Crippen LogP contribution in [0.15, 0.2) is 48.5 Å². The smallest absolute Gasteiger partial charge is 0.251 e. The third-order valence-corrected chi connectivity index (χ3v) is 5.50. The third-order valence-electron chi connectivity index (χ3n) is 5.50. The molecule has 2 aliphatic heterocycles. The van der Waals surface area contributed by atoms with E-state index in [1.165, 1.54) is 5.56 Å². The van der Waals surface area contributed by atoms with Crippen molar-refractivity contribution in [3.05, 3.63) is 59.7 Å². The zero-order valence-electron chi connectivity index (χ0n) is 16.3. The minimum Gasteiger partial charge on any atom is -0.454 e. The number of hydrogen-bond acceptors (Lipinski definition) is 5. The van der Waals surface area contributed by atoms with Gasteiger partial charge < -0.3 is 19.7 Å². The van der Waals surface area contributed by atoms with Crippen LogP contribution in [-0.4, -0.2) is 68.3 Å². The van der Waals surface area contributed by atoms with Crippen molar-refractivity contribution in [1.82, 2.24) is 15.1 Å². The SMILES string of the molecule is CN1CCN(C(CNC(=O)c2ccc3c(c2)OCO3)Cc2ccccc2)CC1. The highest BCUT2D eigenvalue weighted by molar-refractivity contribution is 5.94. The van der Waals surface area contributed by atoms with Crippen LogP contribution in [0.4, 0.5) is 0 Å². The minimum absolute atomic E-state index is 0.0783. The number of likely N-dealkylation sites (N-methyl/N-ethyl adjacent to an activating group) is 1. The number of amides is 1. The topological polar surface area (TPSA) is 54.0 Å². The molecule has 0 aliphatic carbocycles. The van der Waals surface area contributed by atoms with Crippen LogP contribution in [0, 0.1) is 0 Å². The third kappa shape index (κ3) is 4.46. The van der Waals surface area contributed by atoms with Gasteiger partial charge in [-0.15, -0.1) is 0 Å². The fraction of sp³-hybridized carbons (Fsp3) is 0.409. The molecule has 1 N–H and O–H groups in total. The number of rotatable bonds is 6. The Morgan fingerprint density at radius 1 is 1.04 bits per heavy atom. The van der Waals surface area contributed by atoms with E-state index in [-0.39, 0.29) is 18.7 Å². The summed E-state index contributed by atoms with van der Waals surface area (Å²) in [4.78, 5) is 17.5. The van der Waals surface area contributed by atoms with E-state index in [9.17, 15) is 4.79 Å². The van der Waals surface area contributed by atoms with Crippen molar-refractivity contribution in [2.24, 2.45) is 0 Å². The van der Waals surface area contributed by atoms with E-state index in [4.69, 9.17) is 9.47 Å². The number of hydrogen-bond donors (Lipinski definition) is 1. The molecule has 0 saturated carbocycles. The van der Waals surface area contributed by atoms with Crippen molar-refractivity contribution in [2.75, 3.05) is 46.6 Å². The highest BCUT2D eigenvalue weighted by Gasteiger charge is 2.24. The second-order valence-electron chi connectivity index (χ2n) is 7.46. The van der Waals surface area contributed by atoms with Crippen LogP contribution in [0.2, 0.25) is 0 Å². The predicted molar refractivity (Wildman–Crippen MR) is 108 cm³/mol. The van der Waals surface area contributed by atoms with Gasteiger partial charge in [0, 0.05) is 44.3 Å². The maximum atomic E-state index is 12.7. The standard InChI is InChI=1S/C22H27N3O3/c1-24-9-11-25(12-10-24)19(13-17-5-3-2-4-6-17)15-23-22(26)18-7-8-20-21(14-18)28-16-27-20/h2-8,14,19H,9-13,15-16H2,1H3,(H,23,26). The molecule has 0 radical (unpaired) electrons. The Labute approximate surface area is 166 Å². The van der Waals surface area contributed by atoms with E-state index in [1.54, 1.807) is 18.2 Å². The number of carbonyl (C=O) groups excluding carboxylic acids is 1. The maximum Gasteiger partial charge on any atom is 0.251 e. The first-order valence-corrected chi connectivity index (χ1v) is 9.83. The lowest BCUT2D eigenvalue weighted by Crippen LogP contribution is -2.53. The molecule has 1 fully saturated rings. The van der Waals surface area contributed by atoms with E-state index >= 15 is 0 Å². The molecule has 1 amide bonds. The van der Waals surface area contributed by atoms with Gasteiger partial charge in [0.05, 0.1) is 0 Å². The molecular formula is C22H27N3O3. The average molecular weight is 381 g/mol.